The minimum Gasteiger partial charge on any atom is -0.348 e. The fourth-order valence-corrected chi connectivity index (χ4v) is 2.51. The monoisotopic (exact) mass is 334 g/mol. The number of carbonyl (C=O) groups excluding carboxylic acids is 2. The summed E-state index contributed by atoms with van der Waals surface area (Å²) in [5.41, 5.74) is 0. The van der Waals surface area contributed by atoms with Gasteiger partial charge < -0.3 is 14.7 Å². The van der Waals surface area contributed by atoms with Gasteiger partial charge in [-0.1, -0.05) is 0 Å². The van der Waals surface area contributed by atoms with Crippen LogP contribution in [-0.4, -0.2) is 96.9 Å². The van der Waals surface area contributed by atoms with E-state index in [1.165, 1.54) is 0 Å². The Bertz CT molecular complexity index is 543. The summed E-state index contributed by atoms with van der Waals surface area (Å²) >= 11 is 0. The average Bonchev–Trinajstić information content (AvgIpc) is 2.60. The van der Waals surface area contributed by atoms with E-state index in [0.29, 0.717) is 38.5 Å². The van der Waals surface area contributed by atoms with Gasteiger partial charge in [0.1, 0.15) is 0 Å². The number of piperazine rings is 1. The summed E-state index contributed by atoms with van der Waals surface area (Å²) in [5.74, 6) is 0.890. The lowest BCUT2D eigenvalue weighted by Gasteiger charge is -2.35. The van der Waals surface area contributed by atoms with E-state index < -0.39 is 0 Å². The first kappa shape index (κ1) is 18.1. The van der Waals surface area contributed by atoms with Gasteiger partial charge in [0.2, 0.25) is 17.8 Å². The predicted octanol–water partition coefficient (Wildman–Crippen LogP) is -0.465. The summed E-state index contributed by atoms with van der Waals surface area (Å²) in [6.07, 6.45) is 3.88. The molecule has 0 bridgehead atoms. The molecule has 0 atom stereocenters. The first-order valence-corrected chi connectivity index (χ1v) is 8.16. The van der Waals surface area contributed by atoms with E-state index >= 15 is 0 Å². The topological polar surface area (TPSA) is 72.9 Å². The van der Waals surface area contributed by atoms with Gasteiger partial charge in [-0.05, 0) is 13.1 Å². The summed E-state index contributed by atoms with van der Waals surface area (Å²) in [6, 6.07) is 1.79. The number of aromatic nitrogens is 2. The summed E-state index contributed by atoms with van der Waals surface area (Å²) in [6.45, 7) is 3.75. The van der Waals surface area contributed by atoms with Gasteiger partial charge in [0, 0.05) is 65.6 Å². The van der Waals surface area contributed by atoms with Crippen molar-refractivity contribution in [2.24, 2.45) is 0 Å². The Morgan fingerprint density at radius 3 is 2.29 bits per heavy atom. The molecule has 0 unspecified atom stereocenters. The minimum absolute atomic E-state index is 0.0430. The molecule has 132 valence electrons. The van der Waals surface area contributed by atoms with Crippen LogP contribution >= 0.6 is 0 Å². The number of anilines is 1. The van der Waals surface area contributed by atoms with Gasteiger partial charge in [-0.2, -0.15) is 0 Å². The van der Waals surface area contributed by atoms with Crippen molar-refractivity contribution in [1.82, 2.24) is 24.7 Å². The number of rotatable bonds is 6. The summed E-state index contributed by atoms with van der Waals surface area (Å²) in [7, 11) is 5.33. The second-order valence-electron chi connectivity index (χ2n) is 6.19. The number of hydrogen-bond acceptors (Lipinski definition) is 6. The van der Waals surface area contributed by atoms with Gasteiger partial charge in [-0.25, -0.2) is 9.97 Å². The summed E-state index contributed by atoms with van der Waals surface area (Å²) < 4.78 is 0. The molecular formula is C16H26N6O2. The third-order valence-electron chi connectivity index (χ3n) is 4.08. The van der Waals surface area contributed by atoms with Gasteiger partial charge in [0.25, 0.3) is 0 Å². The normalized spacial score (nSPS) is 14.8. The molecule has 0 aliphatic carbocycles. The first-order valence-electron chi connectivity index (χ1n) is 8.16. The fourth-order valence-electron chi connectivity index (χ4n) is 2.51. The van der Waals surface area contributed by atoms with Crippen LogP contribution in [-0.2, 0) is 9.59 Å². The molecule has 0 N–H and O–H groups in total. The average molecular weight is 334 g/mol. The van der Waals surface area contributed by atoms with Crippen LogP contribution in [0.2, 0.25) is 0 Å². The molecule has 0 spiro atoms. The van der Waals surface area contributed by atoms with Crippen molar-refractivity contribution in [3.8, 4) is 0 Å². The molecule has 0 aromatic carbocycles. The lowest BCUT2D eigenvalue weighted by molar-refractivity contribution is -0.133. The third-order valence-corrected chi connectivity index (χ3v) is 4.08. The number of hydrogen-bond donors (Lipinski definition) is 0. The number of amides is 2. The smallest absolute Gasteiger partial charge is 0.236 e. The molecule has 1 aromatic rings. The molecule has 0 radical (unpaired) electrons. The first-order chi connectivity index (χ1) is 11.5. The number of nitrogens with zero attached hydrogens (tertiary/aromatic N) is 6. The zero-order valence-corrected chi connectivity index (χ0v) is 14.7. The van der Waals surface area contributed by atoms with Crippen LogP contribution in [0.1, 0.15) is 6.42 Å². The molecule has 1 aromatic heterocycles. The van der Waals surface area contributed by atoms with Crippen LogP contribution in [0.3, 0.4) is 0 Å². The Morgan fingerprint density at radius 1 is 1.08 bits per heavy atom. The lowest BCUT2D eigenvalue weighted by Crippen LogP contribution is -2.49. The standard InChI is InChI=1S/C16H26N6O2/c1-19(2)15(24)13-20(3)8-5-14(23)21-9-11-22(12-10-21)16-17-6-4-7-18-16/h4,6-7H,5,8-13H2,1-3H3. The summed E-state index contributed by atoms with van der Waals surface area (Å²) in [4.78, 5) is 39.9. The Hall–Kier alpha value is -2.22. The van der Waals surface area contributed by atoms with Gasteiger partial charge in [-0.3, -0.25) is 14.5 Å². The molecule has 1 aliphatic rings. The molecule has 2 heterocycles. The fraction of sp³-hybridized carbons (Fsp3) is 0.625. The molecule has 2 rings (SSSR count). The molecule has 24 heavy (non-hydrogen) atoms. The Morgan fingerprint density at radius 2 is 1.71 bits per heavy atom. The van der Waals surface area contributed by atoms with Crippen molar-refractivity contribution >= 4 is 17.8 Å². The quantitative estimate of drug-likeness (QED) is 0.701. The van der Waals surface area contributed by atoms with E-state index in [-0.39, 0.29) is 11.8 Å². The van der Waals surface area contributed by atoms with Crippen molar-refractivity contribution in [2.45, 2.75) is 6.42 Å². The van der Waals surface area contributed by atoms with Gasteiger partial charge >= 0.3 is 0 Å². The van der Waals surface area contributed by atoms with Crippen LogP contribution in [0, 0.1) is 0 Å². The van der Waals surface area contributed by atoms with Gasteiger partial charge in [0.05, 0.1) is 6.54 Å². The Labute approximate surface area is 143 Å². The maximum absolute atomic E-state index is 12.3. The highest BCUT2D eigenvalue weighted by molar-refractivity contribution is 5.78. The second kappa shape index (κ2) is 8.58. The zero-order chi connectivity index (χ0) is 17.5. The van der Waals surface area contributed by atoms with E-state index in [1.54, 1.807) is 37.5 Å². The van der Waals surface area contributed by atoms with Crippen LogP contribution in [0.15, 0.2) is 18.5 Å². The predicted molar refractivity (Wildman–Crippen MR) is 91.6 cm³/mol. The maximum Gasteiger partial charge on any atom is 0.236 e. The summed E-state index contributed by atoms with van der Waals surface area (Å²) in [5, 5.41) is 0. The van der Waals surface area contributed by atoms with Crippen molar-refractivity contribution in [3.05, 3.63) is 18.5 Å². The second-order valence-corrected chi connectivity index (χ2v) is 6.19. The van der Waals surface area contributed by atoms with Crippen molar-refractivity contribution in [3.63, 3.8) is 0 Å². The number of carbonyl (C=O) groups is 2. The molecule has 8 nitrogen and oxygen atoms in total. The van der Waals surface area contributed by atoms with E-state index in [2.05, 4.69) is 14.9 Å². The van der Waals surface area contributed by atoms with Crippen molar-refractivity contribution in [2.75, 3.05) is 65.3 Å². The van der Waals surface area contributed by atoms with Crippen molar-refractivity contribution < 1.29 is 9.59 Å². The van der Waals surface area contributed by atoms with E-state index in [9.17, 15) is 9.59 Å². The minimum atomic E-state index is 0.0430. The molecule has 1 saturated heterocycles. The molecular weight excluding hydrogens is 308 g/mol. The molecule has 8 heteroatoms. The Balaban J connectivity index is 1.72. The maximum atomic E-state index is 12.3. The lowest BCUT2D eigenvalue weighted by atomic mass is 10.2. The molecule has 1 fully saturated rings. The molecule has 1 aliphatic heterocycles. The SMILES string of the molecule is CN(CCC(=O)N1CCN(c2ncccn2)CC1)CC(=O)N(C)C. The van der Waals surface area contributed by atoms with Gasteiger partial charge in [0.15, 0.2) is 0 Å². The van der Waals surface area contributed by atoms with Crippen LogP contribution in [0.4, 0.5) is 5.95 Å². The molecule has 0 saturated carbocycles. The van der Waals surface area contributed by atoms with E-state index in [0.717, 1.165) is 13.1 Å². The highest BCUT2D eigenvalue weighted by atomic mass is 16.2. The number of likely N-dealkylation sites (N-methyl/N-ethyl adjacent to an activating group) is 2. The zero-order valence-electron chi connectivity index (χ0n) is 14.7. The van der Waals surface area contributed by atoms with Gasteiger partial charge in [-0.15, -0.1) is 0 Å². The van der Waals surface area contributed by atoms with E-state index in [4.69, 9.17) is 0 Å². The third kappa shape index (κ3) is 5.16. The largest absolute Gasteiger partial charge is 0.348 e. The van der Waals surface area contributed by atoms with E-state index in [1.807, 2.05) is 16.8 Å². The molecule has 2 amide bonds. The van der Waals surface area contributed by atoms with Crippen LogP contribution in [0.25, 0.3) is 0 Å². The van der Waals surface area contributed by atoms with Crippen LogP contribution in [0.5, 0.6) is 0 Å². The highest BCUT2D eigenvalue weighted by Gasteiger charge is 2.22. The highest BCUT2D eigenvalue weighted by Crippen LogP contribution is 2.10. The van der Waals surface area contributed by atoms with Crippen molar-refractivity contribution in [1.29, 1.82) is 0 Å². The van der Waals surface area contributed by atoms with Crippen LogP contribution < -0.4 is 4.90 Å². The Kier molecular flexibility index (Phi) is 6.48.